The van der Waals surface area contributed by atoms with Crippen LogP contribution in [-0.2, 0) is 4.79 Å². The number of carboxylic acids is 1. The number of hydrogen-bond acceptors (Lipinski definition) is 5. The van der Waals surface area contributed by atoms with Gasteiger partial charge in [-0.1, -0.05) is 0 Å². The van der Waals surface area contributed by atoms with E-state index in [0.717, 1.165) is 25.9 Å². The van der Waals surface area contributed by atoms with Crippen LogP contribution >= 0.6 is 0 Å². The Bertz CT molecular complexity index is 512. The molecule has 1 aliphatic rings. The molecule has 1 N–H and O–H groups in total. The number of hydrogen-bond donors (Lipinski definition) is 1. The van der Waals surface area contributed by atoms with Crippen molar-refractivity contribution in [1.82, 2.24) is 14.9 Å². The molecule has 0 spiro atoms. The lowest BCUT2D eigenvalue weighted by Gasteiger charge is -2.36. The second-order valence-electron chi connectivity index (χ2n) is 4.91. The Morgan fingerprint density at radius 3 is 2.55 bits per heavy atom. The molecule has 0 aliphatic carbocycles. The highest BCUT2D eigenvalue weighted by Crippen LogP contribution is 2.20. The molecule has 7 heteroatoms. The average Bonchev–Trinajstić information content (AvgIpc) is 2.46. The number of aromatic carboxylic acids is 1. The fourth-order valence-electron chi connectivity index (χ4n) is 2.41. The predicted molar refractivity (Wildman–Crippen MR) is 72.7 cm³/mol. The van der Waals surface area contributed by atoms with Gasteiger partial charge in [0.25, 0.3) is 0 Å². The molecule has 1 fully saturated rings. The molecular weight excluding hydrogens is 260 g/mol. The number of carbonyl (C=O) groups is 2. The van der Waals surface area contributed by atoms with Crippen molar-refractivity contribution in [3.8, 4) is 0 Å². The van der Waals surface area contributed by atoms with E-state index in [1.165, 1.54) is 12.4 Å². The predicted octanol–water partition coefficient (Wildman–Crippen LogP) is 0.622. The first-order valence-corrected chi connectivity index (χ1v) is 6.52. The molecule has 1 aliphatic heterocycles. The number of aromatic nitrogens is 2. The van der Waals surface area contributed by atoms with Gasteiger partial charge in [-0.2, -0.15) is 0 Å². The quantitative estimate of drug-likeness (QED) is 0.872. The topological polar surface area (TPSA) is 86.6 Å². The van der Waals surface area contributed by atoms with Crippen molar-refractivity contribution in [2.24, 2.45) is 0 Å². The minimum absolute atomic E-state index is 0.0111. The van der Waals surface area contributed by atoms with Crippen LogP contribution in [0.1, 0.15) is 30.3 Å². The Morgan fingerprint density at radius 1 is 1.35 bits per heavy atom. The van der Waals surface area contributed by atoms with E-state index in [-0.39, 0.29) is 17.6 Å². The van der Waals surface area contributed by atoms with E-state index in [2.05, 4.69) is 9.97 Å². The van der Waals surface area contributed by atoms with Gasteiger partial charge in [0.15, 0.2) is 5.69 Å². The molecule has 0 bridgehead atoms. The van der Waals surface area contributed by atoms with Crippen LogP contribution < -0.4 is 4.90 Å². The van der Waals surface area contributed by atoms with Gasteiger partial charge in [0.05, 0.1) is 0 Å². The normalized spacial score (nSPS) is 16.0. The highest BCUT2D eigenvalue weighted by atomic mass is 16.4. The largest absolute Gasteiger partial charge is 0.477 e. The second kappa shape index (κ2) is 5.85. The molecule has 0 saturated carbocycles. The summed E-state index contributed by atoms with van der Waals surface area (Å²) in [4.78, 5) is 33.8. The minimum atomic E-state index is -1.06. The van der Waals surface area contributed by atoms with Crippen molar-refractivity contribution in [3.63, 3.8) is 0 Å². The van der Waals surface area contributed by atoms with E-state index < -0.39 is 5.97 Å². The number of amides is 1. The average molecular weight is 278 g/mol. The molecule has 0 atom stereocenters. The van der Waals surface area contributed by atoms with E-state index in [1.807, 2.05) is 16.8 Å². The van der Waals surface area contributed by atoms with Gasteiger partial charge in [0.1, 0.15) is 12.1 Å². The third-order valence-corrected chi connectivity index (χ3v) is 3.69. The number of likely N-dealkylation sites (tertiary alicyclic amines) is 1. The third-order valence-electron chi connectivity index (χ3n) is 3.69. The monoisotopic (exact) mass is 278 g/mol. The maximum atomic E-state index is 11.3. The molecule has 1 amide bonds. The summed E-state index contributed by atoms with van der Waals surface area (Å²) in [6, 6.07) is 1.72. The number of anilines is 1. The van der Waals surface area contributed by atoms with E-state index in [9.17, 15) is 9.59 Å². The van der Waals surface area contributed by atoms with Gasteiger partial charge in [-0.05, 0) is 12.8 Å². The van der Waals surface area contributed by atoms with Crippen molar-refractivity contribution in [2.45, 2.75) is 25.8 Å². The lowest BCUT2D eigenvalue weighted by atomic mass is 10.0. The maximum Gasteiger partial charge on any atom is 0.354 e. The number of piperidine rings is 1. The van der Waals surface area contributed by atoms with Crippen LogP contribution in [0.5, 0.6) is 0 Å². The molecule has 1 aromatic rings. The van der Waals surface area contributed by atoms with E-state index in [4.69, 9.17) is 5.11 Å². The highest BCUT2D eigenvalue weighted by molar-refractivity contribution is 5.86. The number of carboxylic acid groups (broad SMARTS) is 1. The van der Waals surface area contributed by atoms with Gasteiger partial charge >= 0.3 is 5.97 Å². The Kier molecular flexibility index (Phi) is 4.16. The van der Waals surface area contributed by atoms with Crippen LogP contribution in [0.4, 0.5) is 5.82 Å². The SMILES string of the molecule is CC(=O)N1CCC(N(C)c2cc(C(=O)O)ncn2)CC1. The summed E-state index contributed by atoms with van der Waals surface area (Å²) < 4.78 is 0. The van der Waals surface area contributed by atoms with E-state index in [1.54, 1.807) is 6.92 Å². The van der Waals surface area contributed by atoms with Crippen LogP contribution in [0, 0.1) is 0 Å². The van der Waals surface area contributed by atoms with Gasteiger partial charge in [-0.3, -0.25) is 4.79 Å². The van der Waals surface area contributed by atoms with Crippen LogP contribution in [0.3, 0.4) is 0 Å². The minimum Gasteiger partial charge on any atom is -0.477 e. The second-order valence-corrected chi connectivity index (χ2v) is 4.91. The molecule has 2 rings (SSSR count). The summed E-state index contributed by atoms with van der Waals surface area (Å²) in [7, 11) is 1.89. The van der Waals surface area contributed by atoms with Crippen molar-refractivity contribution in [2.75, 3.05) is 25.0 Å². The Morgan fingerprint density at radius 2 is 2.00 bits per heavy atom. The fraction of sp³-hybridized carbons (Fsp3) is 0.538. The third kappa shape index (κ3) is 3.04. The molecule has 1 aromatic heterocycles. The first kappa shape index (κ1) is 14.2. The van der Waals surface area contributed by atoms with Crippen LogP contribution in [0.2, 0.25) is 0 Å². The zero-order valence-corrected chi connectivity index (χ0v) is 11.6. The van der Waals surface area contributed by atoms with Crippen molar-refractivity contribution < 1.29 is 14.7 Å². The summed E-state index contributed by atoms with van der Waals surface area (Å²) >= 11 is 0. The summed E-state index contributed by atoms with van der Waals surface area (Å²) in [5.41, 5.74) is -0.0111. The summed E-state index contributed by atoms with van der Waals surface area (Å²) in [6.07, 6.45) is 2.96. The fourth-order valence-corrected chi connectivity index (χ4v) is 2.41. The van der Waals surface area contributed by atoms with E-state index in [0.29, 0.717) is 5.82 Å². The summed E-state index contributed by atoms with van der Waals surface area (Å²) in [5, 5.41) is 8.94. The van der Waals surface area contributed by atoms with Gasteiger partial charge in [0, 0.05) is 39.2 Å². The zero-order chi connectivity index (χ0) is 14.7. The molecule has 1 saturated heterocycles. The summed E-state index contributed by atoms with van der Waals surface area (Å²) in [6.45, 7) is 3.02. The first-order valence-electron chi connectivity index (χ1n) is 6.52. The van der Waals surface area contributed by atoms with E-state index >= 15 is 0 Å². The maximum absolute atomic E-state index is 11.3. The standard InChI is InChI=1S/C13H18N4O3/c1-9(18)17-5-3-10(4-6-17)16(2)12-7-11(13(19)20)14-8-15-12/h7-8,10H,3-6H2,1-2H3,(H,19,20). The molecule has 2 heterocycles. The molecule has 7 nitrogen and oxygen atoms in total. The number of carbonyl (C=O) groups excluding carboxylic acids is 1. The Labute approximate surface area is 117 Å². The van der Waals surface area contributed by atoms with Crippen LogP contribution in [0.25, 0.3) is 0 Å². The van der Waals surface area contributed by atoms with Crippen molar-refractivity contribution >= 4 is 17.7 Å². The van der Waals surface area contributed by atoms with Gasteiger partial charge < -0.3 is 14.9 Å². The first-order chi connectivity index (χ1) is 9.49. The molecule has 0 unspecified atom stereocenters. The van der Waals surface area contributed by atoms with Crippen molar-refractivity contribution in [3.05, 3.63) is 18.1 Å². The lowest BCUT2D eigenvalue weighted by molar-refractivity contribution is -0.129. The molecule has 0 radical (unpaired) electrons. The molecule has 20 heavy (non-hydrogen) atoms. The number of rotatable bonds is 3. The molecule has 0 aromatic carbocycles. The zero-order valence-electron chi connectivity index (χ0n) is 11.6. The van der Waals surface area contributed by atoms with Gasteiger partial charge in [-0.15, -0.1) is 0 Å². The van der Waals surface area contributed by atoms with Crippen LogP contribution in [-0.4, -0.2) is 58.0 Å². The molecule has 108 valence electrons. The highest BCUT2D eigenvalue weighted by Gasteiger charge is 2.24. The lowest BCUT2D eigenvalue weighted by Crippen LogP contribution is -2.45. The summed E-state index contributed by atoms with van der Waals surface area (Å²) in [5.74, 6) is -0.367. The number of nitrogens with zero attached hydrogens (tertiary/aromatic N) is 4. The Balaban J connectivity index is 2.05. The van der Waals surface area contributed by atoms with Gasteiger partial charge in [0.2, 0.25) is 5.91 Å². The Hall–Kier alpha value is -2.18. The van der Waals surface area contributed by atoms with Crippen LogP contribution in [0.15, 0.2) is 12.4 Å². The molecular formula is C13H18N4O3. The smallest absolute Gasteiger partial charge is 0.354 e. The van der Waals surface area contributed by atoms with Gasteiger partial charge in [-0.25, -0.2) is 14.8 Å². The van der Waals surface area contributed by atoms with Crippen molar-refractivity contribution in [1.29, 1.82) is 0 Å².